The highest BCUT2D eigenvalue weighted by Crippen LogP contribution is 2.40. The predicted octanol–water partition coefficient (Wildman–Crippen LogP) is 0.523. The minimum atomic E-state index is -0.765. The molecule has 1 amide bonds. The minimum Gasteiger partial charge on any atom is -0.396 e. The maximum atomic E-state index is 11.7. The molecule has 0 saturated carbocycles. The fraction of sp³-hybridized carbons (Fsp3) is 0.500. The average molecular weight is 280 g/mol. The second-order valence-electron chi connectivity index (χ2n) is 4.88. The number of nitrogens with zero attached hydrogens (tertiary/aromatic N) is 2. The van der Waals surface area contributed by atoms with Gasteiger partial charge in [0, 0.05) is 20.1 Å². The van der Waals surface area contributed by atoms with Gasteiger partial charge in [-0.1, -0.05) is 0 Å². The van der Waals surface area contributed by atoms with Crippen molar-refractivity contribution in [2.75, 3.05) is 30.8 Å². The van der Waals surface area contributed by atoms with Gasteiger partial charge in [-0.05, 0) is 13.3 Å². The summed E-state index contributed by atoms with van der Waals surface area (Å²) in [6, 6.07) is 2.05. The molecule has 0 bridgehead atoms. The Hall–Kier alpha value is -1.78. The van der Waals surface area contributed by atoms with E-state index >= 15 is 0 Å². The summed E-state index contributed by atoms with van der Waals surface area (Å²) in [5.41, 5.74) is 5.64. The number of hydrogen-bond acceptors (Lipinski definition) is 6. The highest BCUT2D eigenvalue weighted by molar-refractivity contribution is 7.19. The Morgan fingerprint density at radius 2 is 2.37 bits per heavy atom. The number of nitrogen functional groups attached to an aromatic ring is 1. The van der Waals surface area contributed by atoms with E-state index < -0.39 is 5.60 Å². The Balaban J connectivity index is 2.42. The second kappa shape index (κ2) is 4.72. The Labute approximate surface area is 115 Å². The average Bonchev–Trinajstić information content (AvgIpc) is 2.88. The van der Waals surface area contributed by atoms with Gasteiger partial charge in [-0.2, -0.15) is 5.26 Å². The highest BCUT2D eigenvalue weighted by atomic mass is 32.1. The van der Waals surface area contributed by atoms with Gasteiger partial charge in [-0.3, -0.25) is 4.79 Å². The summed E-state index contributed by atoms with van der Waals surface area (Å²) in [5.74, 6) is -0.295. The van der Waals surface area contributed by atoms with Crippen LogP contribution in [0.15, 0.2) is 0 Å². The summed E-state index contributed by atoms with van der Waals surface area (Å²) >= 11 is 1.20. The van der Waals surface area contributed by atoms with E-state index in [-0.39, 0.29) is 11.6 Å². The SMILES string of the molecule is CNC(=O)c1sc(N2CCC(C)(O)C2)c(C#N)c1N. The fourth-order valence-corrected chi connectivity index (χ4v) is 3.31. The molecule has 102 valence electrons. The third-order valence-corrected chi connectivity index (χ3v) is 4.48. The largest absolute Gasteiger partial charge is 0.396 e. The number of nitriles is 1. The van der Waals surface area contributed by atoms with E-state index in [0.29, 0.717) is 35.0 Å². The van der Waals surface area contributed by atoms with Crippen molar-refractivity contribution < 1.29 is 9.90 Å². The lowest BCUT2D eigenvalue weighted by molar-refractivity contribution is 0.0839. The molecule has 1 unspecified atom stereocenters. The topological polar surface area (TPSA) is 102 Å². The second-order valence-corrected chi connectivity index (χ2v) is 5.88. The number of nitrogens with one attached hydrogen (secondary N) is 1. The molecule has 1 aliphatic rings. The molecule has 1 fully saturated rings. The van der Waals surface area contributed by atoms with Crippen molar-refractivity contribution in [2.24, 2.45) is 0 Å². The smallest absolute Gasteiger partial charge is 0.263 e. The van der Waals surface area contributed by atoms with Crippen LogP contribution in [0.5, 0.6) is 0 Å². The van der Waals surface area contributed by atoms with Gasteiger partial charge < -0.3 is 21.1 Å². The normalized spacial score (nSPS) is 22.3. The molecule has 2 heterocycles. The van der Waals surface area contributed by atoms with E-state index in [9.17, 15) is 15.2 Å². The number of aliphatic hydroxyl groups is 1. The number of anilines is 2. The van der Waals surface area contributed by atoms with Crippen LogP contribution in [0.1, 0.15) is 28.6 Å². The fourth-order valence-electron chi connectivity index (χ4n) is 2.16. The monoisotopic (exact) mass is 280 g/mol. The van der Waals surface area contributed by atoms with Gasteiger partial charge in [0.25, 0.3) is 5.91 Å². The van der Waals surface area contributed by atoms with Crippen LogP contribution in [0.2, 0.25) is 0 Å². The van der Waals surface area contributed by atoms with Crippen molar-refractivity contribution in [1.82, 2.24) is 5.32 Å². The number of β-amino-alcohol motifs (C(OH)–C–C–N with tert-alkyl or cyclic N) is 1. The molecule has 0 spiro atoms. The molecule has 19 heavy (non-hydrogen) atoms. The van der Waals surface area contributed by atoms with Crippen LogP contribution in [-0.2, 0) is 0 Å². The van der Waals surface area contributed by atoms with Gasteiger partial charge in [0.1, 0.15) is 21.5 Å². The third-order valence-electron chi connectivity index (χ3n) is 3.21. The number of nitrogens with two attached hydrogens (primary N) is 1. The van der Waals surface area contributed by atoms with Crippen LogP contribution in [0.25, 0.3) is 0 Å². The Morgan fingerprint density at radius 1 is 1.68 bits per heavy atom. The van der Waals surface area contributed by atoms with Crippen LogP contribution < -0.4 is 16.0 Å². The quantitative estimate of drug-likeness (QED) is 0.733. The van der Waals surface area contributed by atoms with E-state index in [2.05, 4.69) is 5.32 Å². The molecular weight excluding hydrogens is 264 g/mol. The lowest BCUT2D eigenvalue weighted by Gasteiger charge is -2.19. The van der Waals surface area contributed by atoms with Gasteiger partial charge in [0.05, 0.1) is 11.3 Å². The van der Waals surface area contributed by atoms with Crippen molar-refractivity contribution in [3.63, 3.8) is 0 Å². The molecule has 4 N–H and O–H groups in total. The molecule has 1 saturated heterocycles. The molecule has 1 atom stereocenters. The Kier molecular flexibility index (Phi) is 3.39. The molecule has 1 aromatic rings. The van der Waals surface area contributed by atoms with Crippen LogP contribution in [-0.4, -0.2) is 36.8 Å². The summed E-state index contributed by atoms with van der Waals surface area (Å²) in [4.78, 5) is 14.0. The molecular formula is C12H16N4O2S. The number of hydrogen-bond donors (Lipinski definition) is 3. The molecule has 2 rings (SSSR count). The molecule has 7 heteroatoms. The summed E-state index contributed by atoms with van der Waals surface area (Å²) in [5, 5.41) is 22.4. The third kappa shape index (κ3) is 2.37. The number of carbonyl (C=O) groups is 1. The Morgan fingerprint density at radius 3 is 2.84 bits per heavy atom. The van der Waals surface area contributed by atoms with Gasteiger partial charge in [0.15, 0.2) is 0 Å². The predicted molar refractivity (Wildman–Crippen MR) is 74.3 cm³/mol. The molecule has 0 aliphatic carbocycles. The molecule has 0 aromatic carbocycles. The molecule has 0 radical (unpaired) electrons. The summed E-state index contributed by atoms with van der Waals surface area (Å²) in [6.07, 6.45) is 0.630. The molecule has 1 aliphatic heterocycles. The zero-order chi connectivity index (χ0) is 14.2. The number of amides is 1. The van der Waals surface area contributed by atoms with Gasteiger partial charge in [-0.25, -0.2) is 0 Å². The summed E-state index contributed by atoms with van der Waals surface area (Å²) < 4.78 is 0. The van der Waals surface area contributed by atoms with E-state index in [0.717, 1.165) is 0 Å². The zero-order valence-corrected chi connectivity index (χ0v) is 11.7. The van der Waals surface area contributed by atoms with Crippen LogP contribution >= 0.6 is 11.3 Å². The first-order valence-corrected chi connectivity index (χ1v) is 6.73. The van der Waals surface area contributed by atoms with E-state index in [1.54, 1.807) is 6.92 Å². The molecule has 6 nitrogen and oxygen atoms in total. The van der Waals surface area contributed by atoms with E-state index in [4.69, 9.17) is 5.73 Å². The first kappa shape index (κ1) is 13.6. The van der Waals surface area contributed by atoms with Crippen molar-refractivity contribution in [3.05, 3.63) is 10.4 Å². The summed E-state index contributed by atoms with van der Waals surface area (Å²) in [7, 11) is 1.52. The number of thiophene rings is 1. The Bertz CT molecular complexity index is 559. The van der Waals surface area contributed by atoms with Gasteiger partial charge >= 0.3 is 0 Å². The van der Waals surface area contributed by atoms with Crippen molar-refractivity contribution >= 4 is 27.9 Å². The maximum absolute atomic E-state index is 11.7. The standard InChI is InChI=1S/C12H16N4O2S/c1-12(18)3-4-16(6-12)11-7(5-13)8(14)9(19-11)10(17)15-2/h18H,3-4,6,14H2,1-2H3,(H,15,17). The first-order valence-electron chi connectivity index (χ1n) is 5.91. The number of carbonyl (C=O) groups excluding carboxylic acids is 1. The van der Waals surface area contributed by atoms with Crippen molar-refractivity contribution in [1.29, 1.82) is 5.26 Å². The molecule has 1 aromatic heterocycles. The lowest BCUT2D eigenvalue weighted by Crippen LogP contribution is -2.29. The van der Waals surface area contributed by atoms with Crippen LogP contribution in [0.4, 0.5) is 10.7 Å². The van der Waals surface area contributed by atoms with Gasteiger partial charge in [-0.15, -0.1) is 11.3 Å². The first-order chi connectivity index (χ1) is 8.89. The summed E-state index contributed by atoms with van der Waals surface area (Å²) in [6.45, 7) is 2.85. The van der Waals surface area contributed by atoms with E-state index in [1.807, 2.05) is 11.0 Å². The lowest BCUT2D eigenvalue weighted by atomic mass is 10.1. The van der Waals surface area contributed by atoms with Crippen molar-refractivity contribution in [2.45, 2.75) is 18.9 Å². The van der Waals surface area contributed by atoms with Crippen LogP contribution in [0.3, 0.4) is 0 Å². The van der Waals surface area contributed by atoms with E-state index in [1.165, 1.54) is 18.4 Å². The van der Waals surface area contributed by atoms with Crippen molar-refractivity contribution in [3.8, 4) is 6.07 Å². The minimum absolute atomic E-state index is 0.216. The van der Waals surface area contributed by atoms with Gasteiger partial charge in [0.2, 0.25) is 0 Å². The van der Waals surface area contributed by atoms with Crippen LogP contribution in [0, 0.1) is 11.3 Å². The zero-order valence-electron chi connectivity index (χ0n) is 10.9. The maximum Gasteiger partial charge on any atom is 0.263 e. The number of rotatable bonds is 2. The highest BCUT2D eigenvalue weighted by Gasteiger charge is 2.34.